The number of nitrogens with zero attached hydrogens (tertiary/aromatic N) is 2. The van der Waals surface area contributed by atoms with Gasteiger partial charge >= 0.3 is 5.97 Å². The van der Waals surface area contributed by atoms with Crippen molar-refractivity contribution >= 4 is 29.2 Å². The van der Waals surface area contributed by atoms with Crippen LogP contribution in [0.2, 0.25) is 10.0 Å². The number of carboxylic acids is 1. The number of carbonyl (C=O) groups is 1. The van der Waals surface area contributed by atoms with Crippen LogP contribution in [-0.4, -0.2) is 21.0 Å². The molecule has 0 unspecified atom stereocenters. The molecule has 0 spiro atoms. The van der Waals surface area contributed by atoms with E-state index < -0.39 is 5.97 Å². The fraction of sp³-hybridized carbons (Fsp3) is 0.0833. The molecule has 0 saturated heterocycles. The summed E-state index contributed by atoms with van der Waals surface area (Å²) >= 11 is 11.7. The summed E-state index contributed by atoms with van der Waals surface area (Å²) in [5.74, 6) is -0.812. The third-order valence-electron chi connectivity index (χ3n) is 2.30. The molecule has 1 aromatic carbocycles. The Kier molecular flexibility index (Phi) is 3.79. The second-order valence-corrected chi connectivity index (χ2v) is 4.37. The molecule has 0 aliphatic carbocycles. The first-order valence-electron chi connectivity index (χ1n) is 5.06. The van der Waals surface area contributed by atoms with Crippen molar-refractivity contribution in [1.82, 2.24) is 9.97 Å². The zero-order chi connectivity index (χ0) is 13.1. The SMILES string of the molecule is O=C(O)c1nc(Cc2ccccc2Cl)ncc1Cl. The number of hydrogen-bond acceptors (Lipinski definition) is 3. The van der Waals surface area contributed by atoms with Crippen molar-refractivity contribution in [2.75, 3.05) is 0 Å². The lowest BCUT2D eigenvalue weighted by molar-refractivity contribution is 0.0690. The summed E-state index contributed by atoms with van der Waals surface area (Å²) in [6, 6.07) is 7.25. The van der Waals surface area contributed by atoms with Gasteiger partial charge in [-0.15, -0.1) is 0 Å². The van der Waals surface area contributed by atoms with E-state index in [9.17, 15) is 4.79 Å². The molecule has 0 amide bonds. The molecule has 0 radical (unpaired) electrons. The van der Waals surface area contributed by atoms with Gasteiger partial charge in [0.2, 0.25) is 0 Å². The van der Waals surface area contributed by atoms with Crippen LogP contribution in [0.3, 0.4) is 0 Å². The van der Waals surface area contributed by atoms with Gasteiger partial charge in [-0.25, -0.2) is 14.8 Å². The summed E-state index contributed by atoms with van der Waals surface area (Å²) in [5.41, 5.74) is 0.631. The van der Waals surface area contributed by atoms with Gasteiger partial charge in [-0.3, -0.25) is 0 Å². The first-order valence-corrected chi connectivity index (χ1v) is 5.81. The highest BCUT2D eigenvalue weighted by atomic mass is 35.5. The van der Waals surface area contributed by atoms with Crippen molar-refractivity contribution in [1.29, 1.82) is 0 Å². The van der Waals surface area contributed by atoms with Crippen molar-refractivity contribution in [3.05, 3.63) is 57.6 Å². The molecule has 0 atom stereocenters. The number of aromatic nitrogens is 2. The maximum atomic E-state index is 10.9. The number of carboxylic acid groups (broad SMARTS) is 1. The average molecular weight is 283 g/mol. The third kappa shape index (κ3) is 2.78. The molecule has 1 aromatic heterocycles. The van der Waals surface area contributed by atoms with Gasteiger partial charge in [-0.05, 0) is 11.6 Å². The Bertz CT molecular complexity index is 602. The normalized spacial score (nSPS) is 10.3. The van der Waals surface area contributed by atoms with Crippen LogP contribution in [0.1, 0.15) is 21.9 Å². The van der Waals surface area contributed by atoms with Crippen LogP contribution in [0.5, 0.6) is 0 Å². The van der Waals surface area contributed by atoms with Crippen molar-refractivity contribution in [3.8, 4) is 0 Å². The van der Waals surface area contributed by atoms with Gasteiger partial charge in [-0.2, -0.15) is 0 Å². The molecule has 1 N–H and O–H groups in total. The van der Waals surface area contributed by atoms with Crippen LogP contribution in [0.4, 0.5) is 0 Å². The van der Waals surface area contributed by atoms with Crippen LogP contribution >= 0.6 is 23.2 Å². The van der Waals surface area contributed by atoms with E-state index >= 15 is 0 Å². The quantitative estimate of drug-likeness (QED) is 0.940. The fourth-order valence-corrected chi connectivity index (χ4v) is 1.83. The van der Waals surface area contributed by atoms with Gasteiger partial charge < -0.3 is 5.11 Å². The maximum absolute atomic E-state index is 10.9. The monoisotopic (exact) mass is 282 g/mol. The smallest absolute Gasteiger partial charge is 0.356 e. The van der Waals surface area contributed by atoms with Gasteiger partial charge in [0.1, 0.15) is 5.82 Å². The second kappa shape index (κ2) is 5.33. The maximum Gasteiger partial charge on any atom is 0.356 e. The number of aromatic carboxylic acids is 1. The molecule has 0 aliphatic heterocycles. The fourth-order valence-electron chi connectivity index (χ4n) is 1.45. The van der Waals surface area contributed by atoms with Crippen LogP contribution in [-0.2, 0) is 6.42 Å². The van der Waals surface area contributed by atoms with Crippen molar-refractivity contribution in [2.24, 2.45) is 0 Å². The number of hydrogen-bond donors (Lipinski definition) is 1. The number of halogens is 2. The lowest BCUT2D eigenvalue weighted by Gasteiger charge is -2.04. The minimum atomic E-state index is -1.18. The Hall–Kier alpha value is -1.65. The average Bonchev–Trinajstić information content (AvgIpc) is 2.34. The van der Waals surface area contributed by atoms with Gasteiger partial charge in [0, 0.05) is 11.4 Å². The molecule has 2 rings (SSSR count). The number of rotatable bonds is 3. The molecule has 1 heterocycles. The van der Waals surface area contributed by atoms with E-state index in [1.165, 1.54) is 6.20 Å². The summed E-state index contributed by atoms with van der Waals surface area (Å²) in [6.45, 7) is 0. The van der Waals surface area contributed by atoms with Crippen LogP contribution < -0.4 is 0 Å². The Labute approximate surface area is 113 Å². The lowest BCUT2D eigenvalue weighted by atomic mass is 10.1. The van der Waals surface area contributed by atoms with E-state index in [2.05, 4.69) is 9.97 Å². The molecule has 18 heavy (non-hydrogen) atoms. The van der Waals surface area contributed by atoms with Gasteiger partial charge in [-0.1, -0.05) is 41.4 Å². The summed E-state index contributed by atoms with van der Waals surface area (Å²) in [6.07, 6.45) is 1.64. The molecule has 6 heteroatoms. The molecule has 4 nitrogen and oxygen atoms in total. The minimum absolute atomic E-state index is 0.0189. The molecule has 2 aromatic rings. The van der Waals surface area contributed by atoms with E-state index in [1.807, 2.05) is 18.2 Å². The molecular formula is C12H8Cl2N2O2. The molecule has 0 saturated carbocycles. The first kappa shape index (κ1) is 12.8. The van der Waals surface area contributed by atoms with Gasteiger partial charge in [0.05, 0.1) is 11.2 Å². The van der Waals surface area contributed by atoms with E-state index in [-0.39, 0.29) is 10.7 Å². The second-order valence-electron chi connectivity index (χ2n) is 3.56. The van der Waals surface area contributed by atoms with E-state index in [4.69, 9.17) is 28.3 Å². The minimum Gasteiger partial charge on any atom is -0.476 e. The zero-order valence-electron chi connectivity index (χ0n) is 9.10. The summed E-state index contributed by atoms with van der Waals surface area (Å²) < 4.78 is 0. The van der Waals surface area contributed by atoms with Crippen LogP contribution in [0, 0.1) is 0 Å². The van der Waals surface area contributed by atoms with E-state index in [0.29, 0.717) is 17.3 Å². The van der Waals surface area contributed by atoms with Gasteiger partial charge in [0.15, 0.2) is 5.69 Å². The summed E-state index contributed by atoms with van der Waals surface area (Å²) in [5, 5.41) is 9.52. The Morgan fingerprint density at radius 3 is 2.61 bits per heavy atom. The molecule has 92 valence electrons. The molecular weight excluding hydrogens is 275 g/mol. The molecule has 0 bridgehead atoms. The van der Waals surface area contributed by atoms with Crippen LogP contribution in [0.15, 0.2) is 30.5 Å². The Morgan fingerprint density at radius 1 is 1.22 bits per heavy atom. The van der Waals surface area contributed by atoms with Crippen molar-refractivity contribution < 1.29 is 9.90 Å². The topological polar surface area (TPSA) is 63.1 Å². The standard InChI is InChI=1S/C12H8Cl2N2O2/c13-8-4-2-1-3-7(8)5-10-15-6-9(14)11(16-10)12(17)18/h1-4,6H,5H2,(H,17,18). The predicted octanol–water partition coefficient (Wildman–Crippen LogP) is 3.07. The molecule has 0 aliphatic rings. The zero-order valence-corrected chi connectivity index (χ0v) is 10.6. The lowest BCUT2D eigenvalue weighted by Crippen LogP contribution is -2.06. The van der Waals surface area contributed by atoms with Gasteiger partial charge in [0.25, 0.3) is 0 Å². The summed E-state index contributed by atoms with van der Waals surface area (Å²) in [4.78, 5) is 18.8. The van der Waals surface area contributed by atoms with E-state index in [1.54, 1.807) is 6.07 Å². The molecule has 0 fully saturated rings. The predicted molar refractivity (Wildman–Crippen MR) is 68.3 cm³/mol. The first-order chi connectivity index (χ1) is 8.58. The highest BCUT2D eigenvalue weighted by Gasteiger charge is 2.13. The third-order valence-corrected chi connectivity index (χ3v) is 2.95. The largest absolute Gasteiger partial charge is 0.476 e. The van der Waals surface area contributed by atoms with Crippen molar-refractivity contribution in [3.63, 3.8) is 0 Å². The van der Waals surface area contributed by atoms with Crippen LogP contribution in [0.25, 0.3) is 0 Å². The number of benzene rings is 1. The Morgan fingerprint density at radius 2 is 1.94 bits per heavy atom. The van der Waals surface area contributed by atoms with Crippen molar-refractivity contribution in [2.45, 2.75) is 6.42 Å². The highest BCUT2D eigenvalue weighted by Crippen LogP contribution is 2.19. The Balaban J connectivity index is 2.33. The summed E-state index contributed by atoms with van der Waals surface area (Å²) in [7, 11) is 0. The highest BCUT2D eigenvalue weighted by molar-refractivity contribution is 6.33. The van der Waals surface area contributed by atoms with E-state index in [0.717, 1.165) is 5.56 Å².